The molecule has 0 amide bonds. The fraction of sp³-hybridized carbons (Fsp3) is 0.333. The smallest absolute Gasteiger partial charge is 0.00584 e. The first-order chi connectivity index (χ1) is 7.33. The van der Waals surface area contributed by atoms with Gasteiger partial charge in [-0.05, 0) is 42.9 Å². The Bertz CT molecular complexity index is 449. The van der Waals surface area contributed by atoms with Gasteiger partial charge in [0, 0.05) is 5.92 Å². The molecule has 3 rings (SSSR count). The Morgan fingerprint density at radius 2 is 2.00 bits per heavy atom. The number of fused-ring (bicyclic) bond motifs is 1. The van der Waals surface area contributed by atoms with Crippen molar-refractivity contribution in [3.8, 4) is 0 Å². The van der Waals surface area contributed by atoms with Crippen molar-refractivity contribution in [3.05, 3.63) is 58.7 Å². The predicted molar refractivity (Wildman–Crippen MR) is 64.1 cm³/mol. The molecule has 0 radical (unpaired) electrons. The summed E-state index contributed by atoms with van der Waals surface area (Å²) in [5, 5.41) is 0. The van der Waals surface area contributed by atoms with Crippen LogP contribution in [-0.2, 0) is 12.8 Å². The van der Waals surface area contributed by atoms with E-state index >= 15 is 0 Å². The number of benzene rings is 1. The summed E-state index contributed by atoms with van der Waals surface area (Å²) in [4.78, 5) is 0. The standard InChI is InChI=1S/C15H16/c1-11-3-2-4-13(9-11)15-8-6-12-5-7-14(12)10-15/h2-3,6,8-10,13H,4-5,7H2,1H3. The van der Waals surface area contributed by atoms with Crippen molar-refractivity contribution in [2.75, 3.05) is 0 Å². The van der Waals surface area contributed by atoms with Crippen LogP contribution in [0.1, 0.15) is 36.0 Å². The number of allylic oxidation sites excluding steroid dienone is 4. The molecule has 2 aliphatic rings. The largest absolute Gasteiger partial charge is 0.0834 e. The second-order valence-electron chi connectivity index (χ2n) is 4.68. The van der Waals surface area contributed by atoms with E-state index in [0.717, 1.165) is 6.42 Å². The summed E-state index contributed by atoms with van der Waals surface area (Å²) in [6, 6.07) is 7.04. The van der Waals surface area contributed by atoms with Crippen molar-refractivity contribution in [1.29, 1.82) is 0 Å². The minimum Gasteiger partial charge on any atom is -0.0834 e. The quantitative estimate of drug-likeness (QED) is 0.641. The number of aryl methyl sites for hydroxylation is 2. The second kappa shape index (κ2) is 3.37. The zero-order chi connectivity index (χ0) is 10.3. The SMILES string of the molecule is CC1=CC(c2ccc3c(c2)CC3)CC=C1. The molecular formula is C15H16. The molecule has 0 fully saturated rings. The van der Waals surface area contributed by atoms with E-state index in [-0.39, 0.29) is 0 Å². The lowest BCUT2D eigenvalue weighted by Crippen LogP contribution is -2.09. The van der Waals surface area contributed by atoms with E-state index in [1.54, 1.807) is 11.1 Å². The molecule has 0 aliphatic heterocycles. The maximum Gasteiger partial charge on any atom is 0.00584 e. The summed E-state index contributed by atoms with van der Waals surface area (Å²) in [5.41, 5.74) is 6.03. The van der Waals surface area contributed by atoms with Crippen molar-refractivity contribution >= 4 is 0 Å². The number of rotatable bonds is 1. The first kappa shape index (κ1) is 8.96. The lowest BCUT2D eigenvalue weighted by Gasteiger charge is -2.22. The second-order valence-corrected chi connectivity index (χ2v) is 4.68. The van der Waals surface area contributed by atoms with Crippen molar-refractivity contribution < 1.29 is 0 Å². The molecule has 0 heterocycles. The van der Waals surface area contributed by atoms with E-state index in [1.165, 1.54) is 24.0 Å². The van der Waals surface area contributed by atoms with Crippen molar-refractivity contribution in [2.45, 2.75) is 32.1 Å². The van der Waals surface area contributed by atoms with Crippen LogP contribution in [0, 0.1) is 0 Å². The Kier molecular flexibility index (Phi) is 2.02. The fourth-order valence-corrected chi connectivity index (χ4v) is 2.52. The Morgan fingerprint density at radius 3 is 2.67 bits per heavy atom. The monoisotopic (exact) mass is 196 g/mol. The van der Waals surface area contributed by atoms with Crippen LogP contribution in [0.3, 0.4) is 0 Å². The highest BCUT2D eigenvalue weighted by molar-refractivity contribution is 5.42. The maximum atomic E-state index is 2.41. The van der Waals surface area contributed by atoms with Crippen LogP contribution in [0.5, 0.6) is 0 Å². The Hall–Kier alpha value is -1.30. The van der Waals surface area contributed by atoms with Gasteiger partial charge in [0.15, 0.2) is 0 Å². The normalized spacial score (nSPS) is 23.0. The summed E-state index contributed by atoms with van der Waals surface area (Å²) in [7, 11) is 0. The zero-order valence-corrected chi connectivity index (χ0v) is 9.16. The molecule has 1 aromatic carbocycles. The van der Waals surface area contributed by atoms with Gasteiger partial charge in [-0.2, -0.15) is 0 Å². The van der Waals surface area contributed by atoms with Crippen LogP contribution in [-0.4, -0.2) is 0 Å². The van der Waals surface area contributed by atoms with Gasteiger partial charge in [-0.25, -0.2) is 0 Å². The minimum atomic E-state index is 0.612. The molecular weight excluding hydrogens is 180 g/mol. The van der Waals surface area contributed by atoms with Gasteiger partial charge < -0.3 is 0 Å². The van der Waals surface area contributed by atoms with Crippen molar-refractivity contribution in [1.82, 2.24) is 0 Å². The Balaban J connectivity index is 1.93. The molecule has 0 saturated carbocycles. The third-order valence-corrected chi connectivity index (χ3v) is 3.56. The highest BCUT2D eigenvalue weighted by Crippen LogP contribution is 2.31. The number of hydrogen-bond donors (Lipinski definition) is 0. The zero-order valence-electron chi connectivity index (χ0n) is 9.16. The number of hydrogen-bond acceptors (Lipinski definition) is 0. The Labute approximate surface area is 91.3 Å². The van der Waals surface area contributed by atoms with Gasteiger partial charge in [0.2, 0.25) is 0 Å². The van der Waals surface area contributed by atoms with Crippen LogP contribution >= 0.6 is 0 Å². The third kappa shape index (κ3) is 1.54. The summed E-state index contributed by atoms with van der Waals surface area (Å²) < 4.78 is 0. The van der Waals surface area contributed by atoms with Crippen molar-refractivity contribution in [3.63, 3.8) is 0 Å². The van der Waals surface area contributed by atoms with Gasteiger partial charge in [0.05, 0.1) is 0 Å². The molecule has 0 aromatic heterocycles. The van der Waals surface area contributed by atoms with Gasteiger partial charge in [-0.1, -0.05) is 42.0 Å². The van der Waals surface area contributed by atoms with Crippen LogP contribution in [0.2, 0.25) is 0 Å². The molecule has 0 heteroatoms. The molecule has 76 valence electrons. The molecule has 0 bridgehead atoms. The van der Waals surface area contributed by atoms with E-state index in [1.807, 2.05) is 0 Å². The predicted octanol–water partition coefficient (Wildman–Crippen LogP) is 3.78. The highest BCUT2D eigenvalue weighted by atomic mass is 14.2. The molecule has 1 atom stereocenters. The van der Waals surface area contributed by atoms with Crippen LogP contribution < -0.4 is 0 Å². The molecule has 0 spiro atoms. The molecule has 0 nitrogen and oxygen atoms in total. The van der Waals surface area contributed by atoms with E-state index in [4.69, 9.17) is 0 Å². The van der Waals surface area contributed by atoms with E-state index in [2.05, 4.69) is 43.4 Å². The lowest BCUT2D eigenvalue weighted by molar-refractivity contribution is 0.803. The van der Waals surface area contributed by atoms with Gasteiger partial charge in [0.1, 0.15) is 0 Å². The molecule has 1 unspecified atom stereocenters. The van der Waals surface area contributed by atoms with Gasteiger partial charge in [-0.3, -0.25) is 0 Å². The van der Waals surface area contributed by atoms with Crippen LogP contribution in [0.15, 0.2) is 42.0 Å². The van der Waals surface area contributed by atoms with Crippen LogP contribution in [0.25, 0.3) is 0 Å². The third-order valence-electron chi connectivity index (χ3n) is 3.56. The average molecular weight is 196 g/mol. The summed E-state index contributed by atoms with van der Waals surface area (Å²) in [5.74, 6) is 0.612. The first-order valence-electron chi connectivity index (χ1n) is 5.79. The summed E-state index contributed by atoms with van der Waals surface area (Å²) in [6.07, 6.45) is 10.6. The minimum absolute atomic E-state index is 0.612. The molecule has 0 N–H and O–H groups in total. The molecule has 0 saturated heterocycles. The first-order valence-corrected chi connectivity index (χ1v) is 5.79. The molecule has 15 heavy (non-hydrogen) atoms. The van der Waals surface area contributed by atoms with E-state index in [0.29, 0.717) is 5.92 Å². The lowest BCUT2D eigenvalue weighted by atomic mass is 9.82. The van der Waals surface area contributed by atoms with Crippen LogP contribution in [0.4, 0.5) is 0 Å². The fourth-order valence-electron chi connectivity index (χ4n) is 2.52. The van der Waals surface area contributed by atoms with Crippen molar-refractivity contribution in [2.24, 2.45) is 0 Å². The highest BCUT2D eigenvalue weighted by Gasteiger charge is 2.16. The van der Waals surface area contributed by atoms with Gasteiger partial charge >= 0.3 is 0 Å². The van der Waals surface area contributed by atoms with E-state index < -0.39 is 0 Å². The molecule has 1 aromatic rings. The van der Waals surface area contributed by atoms with Gasteiger partial charge in [0.25, 0.3) is 0 Å². The average Bonchev–Trinajstić information content (AvgIpc) is 2.20. The summed E-state index contributed by atoms with van der Waals surface area (Å²) >= 11 is 0. The summed E-state index contributed by atoms with van der Waals surface area (Å²) in [6.45, 7) is 2.18. The topological polar surface area (TPSA) is 0 Å². The molecule has 2 aliphatic carbocycles. The van der Waals surface area contributed by atoms with Gasteiger partial charge in [-0.15, -0.1) is 0 Å². The Morgan fingerprint density at radius 1 is 1.13 bits per heavy atom. The van der Waals surface area contributed by atoms with E-state index in [9.17, 15) is 0 Å². The maximum absolute atomic E-state index is 2.41.